The van der Waals surface area contributed by atoms with Crippen LogP contribution in [0.15, 0.2) is 4.79 Å². The van der Waals surface area contributed by atoms with Gasteiger partial charge in [-0.1, -0.05) is 5.69 Å². The minimum Gasteiger partial charge on any atom is -0.477 e. The summed E-state index contributed by atoms with van der Waals surface area (Å²) in [5, 5.41) is 0. The van der Waals surface area contributed by atoms with Gasteiger partial charge in [0.1, 0.15) is 0 Å². The van der Waals surface area contributed by atoms with Crippen molar-refractivity contribution < 1.29 is 21.1 Å². The maximum Gasteiger partial charge on any atom is 2.00 e. The fourth-order valence-electron chi connectivity index (χ4n) is 0.383. The van der Waals surface area contributed by atoms with Crippen molar-refractivity contribution in [1.29, 1.82) is 0 Å². The molecule has 1 aromatic heterocycles. The van der Waals surface area contributed by atoms with E-state index in [9.17, 15) is 4.79 Å². The number of H-pyrrole nitrogens is 2. The topological polar surface area (TPSA) is 48.6 Å². The summed E-state index contributed by atoms with van der Waals surface area (Å²) in [4.78, 5) is 15.0. The molecule has 0 saturated heterocycles. The molecular weight excluding hydrogens is 288 g/mol. The summed E-state index contributed by atoms with van der Waals surface area (Å²) in [6.45, 7) is 1.76. The normalized spacial score (nSPS) is 7.22. The van der Waals surface area contributed by atoms with Gasteiger partial charge in [-0.2, -0.15) is 6.20 Å². The Balaban J connectivity index is 0. The molecule has 1 heterocycles. The van der Waals surface area contributed by atoms with Crippen molar-refractivity contribution in [1.82, 2.24) is 9.97 Å². The summed E-state index contributed by atoms with van der Waals surface area (Å²) in [6.07, 6.45) is 2.58. The van der Waals surface area contributed by atoms with Gasteiger partial charge in [0, 0.05) is 0 Å². The number of aromatic amines is 2. The van der Waals surface area contributed by atoms with Crippen molar-refractivity contribution in [2.24, 2.45) is 0 Å². The van der Waals surface area contributed by atoms with E-state index in [1.807, 2.05) is 0 Å². The predicted octanol–water partition coefficient (Wildman–Crippen LogP) is 0.259. The minimum atomic E-state index is -0.197. The second kappa shape index (κ2) is 4.57. The first-order valence-corrected chi connectivity index (χ1v) is 1.95. The van der Waals surface area contributed by atoms with Crippen LogP contribution in [0.4, 0.5) is 0 Å². The molecule has 1 rings (SSSR count). The van der Waals surface area contributed by atoms with Gasteiger partial charge < -0.3 is 22.2 Å². The van der Waals surface area contributed by atoms with Crippen molar-refractivity contribution in [2.45, 2.75) is 6.92 Å². The van der Waals surface area contributed by atoms with Crippen molar-refractivity contribution in [3.8, 4) is 0 Å². The predicted molar refractivity (Wildman–Crippen MR) is 31.4 cm³/mol. The van der Waals surface area contributed by atoms with Crippen molar-refractivity contribution >= 4 is 0 Å². The minimum absolute atomic E-state index is 0. The zero-order chi connectivity index (χ0) is 5.28. The van der Waals surface area contributed by atoms with Gasteiger partial charge in [0.05, 0.1) is 0 Å². The Hall–Kier alpha value is -0.302. The molecule has 0 aromatic carbocycles. The van der Waals surface area contributed by atoms with Crippen LogP contribution in [0, 0.1) is 20.5 Å². The van der Waals surface area contributed by atoms with Crippen molar-refractivity contribution in [3.63, 3.8) is 0 Å². The molecule has 0 radical (unpaired) electrons. The summed E-state index contributed by atoms with van der Waals surface area (Å²) in [5.41, 5.74) is 0.544. The van der Waals surface area contributed by atoms with Gasteiger partial charge in [-0.25, -0.2) is 0 Å². The average Bonchev–Trinajstić information content (AvgIpc) is 1.87. The Morgan fingerprint density at radius 3 is 2.22 bits per heavy atom. The molecule has 0 aliphatic carbocycles. The van der Waals surface area contributed by atoms with E-state index >= 15 is 0 Å². The number of imidazole rings is 1. The second-order valence-electron chi connectivity index (χ2n) is 1.33. The van der Waals surface area contributed by atoms with E-state index in [1.165, 1.54) is 0 Å². The Bertz CT molecular complexity index is 203. The molecule has 1 aromatic rings. The molecule has 0 bridgehead atoms. The van der Waals surface area contributed by atoms with E-state index in [0.29, 0.717) is 0 Å². The number of nitrogens with one attached hydrogen (secondary N) is 2. The van der Waals surface area contributed by atoms with Gasteiger partial charge in [0.25, 0.3) is 0 Å². The SMILES string of the molecule is Cc1[c-][nH]c(=O)[nH]1.[CH3-].[W+2]. The van der Waals surface area contributed by atoms with Crippen LogP contribution < -0.4 is 5.69 Å². The number of rotatable bonds is 0. The summed E-state index contributed by atoms with van der Waals surface area (Å²) in [7, 11) is 0. The van der Waals surface area contributed by atoms with Crippen molar-refractivity contribution in [3.05, 3.63) is 29.8 Å². The van der Waals surface area contributed by atoms with E-state index in [0.717, 1.165) is 5.69 Å². The molecule has 3 nitrogen and oxygen atoms in total. The molecule has 0 atom stereocenters. The first-order valence-electron chi connectivity index (χ1n) is 1.95. The molecular formula is C5H8N2OW. The summed E-state index contributed by atoms with van der Waals surface area (Å²) >= 11 is 0. The zero-order valence-corrected chi connectivity index (χ0v) is 8.25. The molecule has 2 N–H and O–H groups in total. The summed E-state index contributed by atoms with van der Waals surface area (Å²) < 4.78 is 0. The third-order valence-corrected chi connectivity index (χ3v) is 0.665. The molecule has 0 amide bonds. The zero-order valence-electron chi connectivity index (χ0n) is 5.32. The van der Waals surface area contributed by atoms with Crippen LogP contribution in [0.25, 0.3) is 0 Å². The fourth-order valence-corrected chi connectivity index (χ4v) is 0.383. The van der Waals surface area contributed by atoms with Crippen LogP contribution in [0.3, 0.4) is 0 Å². The Kier molecular flexibility index (Phi) is 5.83. The van der Waals surface area contributed by atoms with E-state index in [1.54, 1.807) is 6.92 Å². The molecule has 50 valence electrons. The van der Waals surface area contributed by atoms with Gasteiger partial charge in [0.15, 0.2) is 5.69 Å². The molecule has 0 aliphatic rings. The van der Waals surface area contributed by atoms with Crippen LogP contribution in [-0.4, -0.2) is 9.97 Å². The first-order chi connectivity index (χ1) is 3.29. The number of hydrogen-bond acceptors (Lipinski definition) is 1. The van der Waals surface area contributed by atoms with Crippen LogP contribution >= 0.6 is 0 Å². The molecule has 0 aliphatic heterocycles. The third kappa shape index (κ3) is 3.30. The largest absolute Gasteiger partial charge is 2.00 e. The summed E-state index contributed by atoms with van der Waals surface area (Å²) in [6, 6.07) is 0. The molecule has 0 unspecified atom stereocenters. The van der Waals surface area contributed by atoms with Crippen LogP contribution in [-0.2, 0) is 21.1 Å². The smallest absolute Gasteiger partial charge is 0.477 e. The van der Waals surface area contributed by atoms with Crippen LogP contribution in [0.2, 0.25) is 0 Å². The molecule has 0 saturated carbocycles. The standard InChI is InChI=1S/C4H5N2O.CH3.W/c1-3-2-5-4(7)6-3;;/h1H3,(H2,5,6,7);1H3;/q2*-1;+2. The van der Waals surface area contributed by atoms with Gasteiger partial charge in [-0.3, -0.25) is 0 Å². The average molecular weight is 296 g/mol. The third-order valence-electron chi connectivity index (χ3n) is 0.665. The van der Waals surface area contributed by atoms with Crippen molar-refractivity contribution in [2.75, 3.05) is 0 Å². The van der Waals surface area contributed by atoms with Gasteiger partial charge in [-0.15, -0.1) is 0 Å². The van der Waals surface area contributed by atoms with Gasteiger partial charge >= 0.3 is 21.1 Å². The number of hydrogen-bond donors (Lipinski definition) is 2. The Morgan fingerprint density at radius 1 is 1.56 bits per heavy atom. The maximum atomic E-state index is 10.1. The second-order valence-corrected chi connectivity index (χ2v) is 1.33. The molecule has 0 fully saturated rings. The first kappa shape index (κ1) is 11.5. The van der Waals surface area contributed by atoms with Gasteiger partial charge in [0.2, 0.25) is 0 Å². The molecule has 0 spiro atoms. The van der Waals surface area contributed by atoms with E-state index in [2.05, 4.69) is 16.2 Å². The molecule has 4 heteroatoms. The monoisotopic (exact) mass is 296 g/mol. The number of aryl methyl sites for hydroxylation is 1. The van der Waals surface area contributed by atoms with Crippen LogP contribution in [0.1, 0.15) is 5.69 Å². The van der Waals surface area contributed by atoms with Gasteiger partial charge in [-0.05, 0) is 6.92 Å². The number of aromatic nitrogens is 2. The Morgan fingerprint density at radius 2 is 2.11 bits per heavy atom. The quantitative estimate of drug-likeness (QED) is 0.663. The maximum absolute atomic E-state index is 10.1. The molecule has 9 heavy (non-hydrogen) atoms. The van der Waals surface area contributed by atoms with E-state index < -0.39 is 0 Å². The summed E-state index contributed by atoms with van der Waals surface area (Å²) in [5.74, 6) is 0. The van der Waals surface area contributed by atoms with E-state index in [4.69, 9.17) is 0 Å². The van der Waals surface area contributed by atoms with Crippen LogP contribution in [0.5, 0.6) is 0 Å². The van der Waals surface area contributed by atoms with E-state index in [-0.39, 0.29) is 34.2 Å². The fraction of sp³-hybridized carbons (Fsp3) is 0.200. The Labute approximate surface area is 68.1 Å².